The van der Waals surface area contributed by atoms with E-state index in [1.807, 2.05) is 43.9 Å². The number of hydrogen-bond acceptors (Lipinski definition) is 5. The molecular weight excluding hydrogens is 350 g/mol. The quantitative estimate of drug-likeness (QED) is 0.776. The van der Waals surface area contributed by atoms with Crippen LogP contribution in [0.3, 0.4) is 0 Å². The molecule has 1 aliphatic rings. The Bertz CT molecular complexity index is 497. The molecule has 0 amide bonds. The van der Waals surface area contributed by atoms with Crippen LogP contribution in [0.15, 0.2) is 22.7 Å². The van der Waals surface area contributed by atoms with Crippen LogP contribution in [0, 0.1) is 0 Å². The van der Waals surface area contributed by atoms with Crippen LogP contribution in [0.2, 0.25) is 0 Å². The molecule has 6 heteroatoms. The van der Waals surface area contributed by atoms with E-state index in [0.29, 0.717) is 19.7 Å². The van der Waals surface area contributed by atoms with Gasteiger partial charge in [-0.3, -0.25) is 4.90 Å². The van der Waals surface area contributed by atoms with Gasteiger partial charge in [-0.25, -0.2) is 0 Å². The van der Waals surface area contributed by atoms with Gasteiger partial charge in [0, 0.05) is 23.1 Å². The molecule has 1 unspecified atom stereocenters. The molecule has 1 saturated heterocycles. The Morgan fingerprint density at radius 3 is 2.64 bits per heavy atom. The van der Waals surface area contributed by atoms with Gasteiger partial charge < -0.3 is 19.3 Å². The molecule has 0 saturated carbocycles. The third kappa shape index (κ3) is 4.93. The molecule has 1 heterocycles. The second-order valence-corrected chi connectivity index (χ2v) is 7.32. The van der Waals surface area contributed by atoms with Crippen LogP contribution in [0.25, 0.3) is 0 Å². The highest BCUT2D eigenvalue weighted by Crippen LogP contribution is 2.26. The van der Waals surface area contributed by atoms with E-state index in [0.717, 1.165) is 15.8 Å². The van der Waals surface area contributed by atoms with Gasteiger partial charge in [-0.15, -0.1) is 0 Å². The summed E-state index contributed by atoms with van der Waals surface area (Å²) in [6.07, 6.45) is -0.770. The van der Waals surface area contributed by atoms with Gasteiger partial charge in [0.2, 0.25) is 6.41 Å². The lowest BCUT2D eigenvalue weighted by Crippen LogP contribution is -2.58. The van der Waals surface area contributed by atoms with Gasteiger partial charge in [-0.1, -0.05) is 22.0 Å². The first-order valence-corrected chi connectivity index (χ1v) is 8.12. The first-order valence-electron chi connectivity index (χ1n) is 7.32. The van der Waals surface area contributed by atoms with E-state index < -0.39 is 6.41 Å². The van der Waals surface area contributed by atoms with Crippen molar-refractivity contribution in [2.75, 3.05) is 20.2 Å². The van der Waals surface area contributed by atoms with E-state index in [1.165, 1.54) is 0 Å². The van der Waals surface area contributed by atoms with Gasteiger partial charge in [-0.2, -0.15) is 0 Å². The topological polar surface area (TPSA) is 51.2 Å². The van der Waals surface area contributed by atoms with Crippen LogP contribution < -0.4 is 4.74 Å². The Morgan fingerprint density at radius 2 is 2.05 bits per heavy atom. The highest BCUT2D eigenvalue weighted by Gasteiger charge is 2.34. The highest BCUT2D eigenvalue weighted by molar-refractivity contribution is 9.10. The monoisotopic (exact) mass is 373 g/mol. The molecule has 1 aliphatic heterocycles. The minimum absolute atomic E-state index is 0.103. The summed E-state index contributed by atoms with van der Waals surface area (Å²) in [7, 11) is 1.65. The summed E-state index contributed by atoms with van der Waals surface area (Å²) in [6, 6.07) is 5.87. The summed E-state index contributed by atoms with van der Waals surface area (Å²) < 4.78 is 17.7. The number of benzene rings is 1. The fourth-order valence-electron chi connectivity index (χ4n) is 2.19. The molecule has 5 nitrogen and oxygen atoms in total. The lowest BCUT2D eigenvalue weighted by Gasteiger charge is -2.42. The Morgan fingerprint density at radius 1 is 1.36 bits per heavy atom. The van der Waals surface area contributed by atoms with Crippen molar-refractivity contribution in [2.45, 2.75) is 45.5 Å². The maximum Gasteiger partial charge on any atom is 0.216 e. The van der Waals surface area contributed by atoms with Crippen molar-refractivity contribution in [3.05, 3.63) is 28.2 Å². The van der Waals surface area contributed by atoms with Crippen LogP contribution in [0.4, 0.5) is 0 Å². The zero-order valence-electron chi connectivity index (χ0n) is 13.5. The van der Waals surface area contributed by atoms with Crippen LogP contribution in [-0.4, -0.2) is 48.3 Å². The third-order valence-corrected chi connectivity index (χ3v) is 3.86. The van der Waals surface area contributed by atoms with Crippen LogP contribution in [0.5, 0.6) is 5.75 Å². The normalized spacial score (nSPS) is 18.1. The number of aliphatic hydroxyl groups excluding tert-OH is 1. The molecule has 1 atom stereocenters. The van der Waals surface area contributed by atoms with Crippen molar-refractivity contribution in [2.24, 2.45) is 0 Å². The summed E-state index contributed by atoms with van der Waals surface area (Å²) in [5.74, 6) is 0.807. The second kappa shape index (κ2) is 7.27. The van der Waals surface area contributed by atoms with Crippen molar-refractivity contribution >= 4 is 15.9 Å². The molecule has 0 bridgehead atoms. The zero-order chi connectivity index (χ0) is 16.3. The van der Waals surface area contributed by atoms with Crippen LogP contribution in [0.1, 0.15) is 26.3 Å². The number of hydrogen-bond donors (Lipinski definition) is 1. The number of ether oxygens (including phenoxy) is 3. The Balaban J connectivity index is 1.77. The molecule has 2 rings (SSSR count). The molecule has 0 aliphatic carbocycles. The summed E-state index contributed by atoms with van der Waals surface area (Å²) in [6.45, 7) is 7.58. The Labute approximate surface area is 140 Å². The van der Waals surface area contributed by atoms with Gasteiger partial charge in [0.1, 0.15) is 5.75 Å². The van der Waals surface area contributed by atoms with Crippen molar-refractivity contribution in [3.63, 3.8) is 0 Å². The number of rotatable bonds is 6. The summed E-state index contributed by atoms with van der Waals surface area (Å²) in [5.41, 5.74) is 0.645. The molecule has 0 spiro atoms. The largest absolute Gasteiger partial charge is 0.496 e. The Kier molecular flexibility index (Phi) is 5.85. The number of likely N-dealkylation sites (tertiary alicyclic amines) is 1. The van der Waals surface area contributed by atoms with Crippen molar-refractivity contribution < 1.29 is 19.3 Å². The fourth-order valence-corrected chi connectivity index (χ4v) is 2.53. The smallest absolute Gasteiger partial charge is 0.216 e. The molecule has 0 radical (unpaired) electrons. The molecule has 1 fully saturated rings. The van der Waals surface area contributed by atoms with E-state index in [9.17, 15) is 5.11 Å². The molecule has 124 valence electrons. The fraction of sp³-hybridized carbons (Fsp3) is 0.625. The minimum atomic E-state index is -0.873. The summed E-state index contributed by atoms with van der Waals surface area (Å²) in [5, 5.41) is 9.94. The van der Waals surface area contributed by atoms with Gasteiger partial charge in [-0.05, 0) is 32.9 Å². The molecular formula is C16H24BrNO4. The number of halogens is 1. The summed E-state index contributed by atoms with van der Waals surface area (Å²) >= 11 is 3.42. The van der Waals surface area contributed by atoms with E-state index in [1.54, 1.807) is 7.11 Å². The van der Waals surface area contributed by atoms with E-state index >= 15 is 0 Å². The zero-order valence-corrected chi connectivity index (χ0v) is 15.1. The lowest BCUT2D eigenvalue weighted by molar-refractivity contribution is -0.271. The van der Waals surface area contributed by atoms with Crippen LogP contribution >= 0.6 is 15.9 Å². The predicted molar refractivity (Wildman–Crippen MR) is 87.7 cm³/mol. The van der Waals surface area contributed by atoms with Gasteiger partial charge >= 0.3 is 0 Å². The highest BCUT2D eigenvalue weighted by atomic mass is 79.9. The van der Waals surface area contributed by atoms with Gasteiger partial charge in [0.05, 0.1) is 25.4 Å². The average Bonchev–Trinajstić information content (AvgIpc) is 2.36. The summed E-state index contributed by atoms with van der Waals surface area (Å²) in [4.78, 5) is 1.84. The van der Waals surface area contributed by atoms with E-state index in [2.05, 4.69) is 15.9 Å². The number of nitrogens with zero attached hydrogens (tertiary/aromatic N) is 1. The average molecular weight is 374 g/mol. The number of aliphatic hydroxyl groups is 1. The maximum absolute atomic E-state index is 9.94. The minimum Gasteiger partial charge on any atom is -0.496 e. The van der Waals surface area contributed by atoms with Crippen molar-refractivity contribution in [1.29, 1.82) is 0 Å². The lowest BCUT2D eigenvalue weighted by atomic mass is 10.1. The first-order chi connectivity index (χ1) is 10.3. The molecule has 0 aromatic heterocycles. The molecule has 22 heavy (non-hydrogen) atoms. The standard InChI is InChI=1S/C16H24BrNO4/c1-16(2,3)22-15(19)18-8-13(9-18)21-10-11-5-6-12(17)7-14(11)20-4/h5-7,13,15,19H,8-10H2,1-4H3. The predicted octanol–water partition coefficient (Wildman–Crippen LogP) is 2.75. The number of methoxy groups -OCH3 is 1. The first kappa shape index (κ1) is 17.7. The van der Waals surface area contributed by atoms with E-state index in [4.69, 9.17) is 14.2 Å². The Hall–Kier alpha value is -0.660. The van der Waals surface area contributed by atoms with Crippen molar-refractivity contribution in [3.8, 4) is 5.75 Å². The third-order valence-electron chi connectivity index (χ3n) is 3.37. The maximum atomic E-state index is 9.94. The van der Waals surface area contributed by atoms with E-state index in [-0.39, 0.29) is 11.7 Å². The van der Waals surface area contributed by atoms with Crippen LogP contribution in [-0.2, 0) is 16.1 Å². The van der Waals surface area contributed by atoms with Crippen molar-refractivity contribution in [1.82, 2.24) is 4.90 Å². The second-order valence-electron chi connectivity index (χ2n) is 6.40. The van der Waals surface area contributed by atoms with Gasteiger partial charge in [0.25, 0.3) is 0 Å². The molecule has 1 N–H and O–H groups in total. The molecule has 1 aromatic rings. The molecule has 1 aromatic carbocycles. The SMILES string of the molecule is COc1cc(Br)ccc1COC1CN(C(O)OC(C)(C)C)C1. The van der Waals surface area contributed by atoms with Gasteiger partial charge in [0.15, 0.2) is 0 Å².